The van der Waals surface area contributed by atoms with Crippen molar-refractivity contribution >= 4 is 5.78 Å². The number of hydrogen-bond donors (Lipinski definition) is 0. The van der Waals surface area contributed by atoms with Crippen LogP contribution in [0.2, 0.25) is 0 Å². The molecule has 0 spiro atoms. The lowest BCUT2D eigenvalue weighted by atomic mass is 9.71. The van der Waals surface area contributed by atoms with Crippen molar-refractivity contribution in [1.29, 1.82) is 0 Å². The molecule has 3 rings (SSSR count). The van der Waals surface area contributed by atoms with Crippen molar-refractivity contribution in [2.45, 2.75) is 31.8 Å². The van der Waals surface area contributed by atoms with Crippen LogP contribution >= 0.6 is 0 Å². The van der Waals surface area contributed by atoms with E-state index in [-0.39, 0.29) is 30.2 Å². The molecule has 3 atom stereocenters. The van der Waals surface area contributed by atoms with Gasteiger partial charge in [-0.3, -0.25) is 4.79 Å². The van der Waals surface area contributed by atoms with Crippen LogP contribution in [0.15, 0.2) is 30.0 Å². The van der Waals surface area contributed by atoms with Gasteiger partial charge in [0.05, 0.1) is 7.11 Å². The largest absolute Gasteiger partial charge is 0.497 e. The highest BCUT2D eigenvalue weighted by molar-refractivity contribution is 5.94. The van der Waals surface area contributed by atoms with E-state index in [1.807, 2.05) is 6.92 Å². The molecule has 4 nitrogen and oxygen atoms in total. The molecular weight excluding hydrogens is 323 g/mol. The molecule has 0 aromatic heterocycles. The predicted molar refractivity (Wildman–Crippen MR) is 90.2 cm³/mol. The van der Waals surface area contributed by atoms with Gasteiger partial charge in [0, 0.05) is 24.5 Å². The van der Waals surface area contributed by atoms with E-state index in [0.717, 1.165) is 0 Å². The second-order valence-electron chi connectivity index (χ2n) is 6.58. The lowest BCUT2D eigenvalue weighted by Crippen LogP contribution is -2.45. The van der Waals surface area contributed by atoms with Crippen LogP contribution in [0.25, 0.3) is 0 Å². The van der Waals surface area contributed by atoms with E-state index < -0.39 is 5.60 Å². The van der Waals surface area contributed by atoms with Gasteiger partial charge in [0.15, 0.2) is 12.6 Å². The van der Waals surface area contributed by atoms with Gasteiger partial charge in [-0.05, 0) is 30.4 Å². The van der Waals surface area contributed by atoms with Crippen molar-refractivity contribution in [3.63, 3.8) is 0 Å². The number of ether oxygens (including phenoxy) is 3. The van der Waals surface area contributed by atoms with Gasteiger partial charge in [0.25, 0.3) is 0 Å². The summed E-state index contributed by atoms with van der Waals surface area (Å²) in [5.74, 6) is 2.84. The van der Waals surface area contributed by atoms with Crippen LogP contribution in [0.4, 0.5) is 4.39 Å². The van der Waals surface area contributed by atoms with Crippen molar-refractivity contribution in [2.24, 2.45) is 11.8 Å². The minimum absolute atomic E-state index is 0.0306. The van der Waals surface area contributed by atoms with Gasteiger partial charge in [-0.1, -0.05) is 13.0 Å². The molecule has 1 saturated heterocycles. The zero-order valence-electron chi connectivity index (χ0n) is 14.4. The van der Waals surface area contributed by atoms with Gasteiger partial charge in [0.1, 0.15) is 22.9 Å². The molecule has 0 bridgehead atoms. The summed E-state index contributed by atoms with van der Waals surface area (Å²) < 4.78 is 30.8. The molecule has 0 N–H and O–H groups in total. The van der Waals surface area contributed by atoms with Crippen LogP contribution < -0.4 is 4.74 Å². The summed E-state index contributed by atoms with van der Waals surface area (Å²) in [5.41, 5.74) is -0.162. The highest BCUT2D eigenvalue weighted by Gasteiger charge is 2.51. The highest BCUT2D eigenvalue weighted by atomic mass is 19.1. The Morgan fingerprint density at radius 1 is 1.52 bits per heavy atom. The minimum Gasteiger partial charge on any atom is -0.497 e. The average Bonchev–Trinajstić information content (AvgIpc) is 3.01. The number of terminal acetylenes is 1. The SMILES string of the molecule is C#CC[C@H]1C[C@]2(C(C)Cc3ccc(OC)cc3F)OCOC2=CC1=O. The Kier molecular flexibility index (Phi) is 4.82. The fraction of sp³-hybridized carbons (Fsp3) is 0.450. The molecule has 1 aliphatic carbocycles. The Bertz CT molecular complexity index is 749. The molecule has 0 amide bonds. The molecule has 1 unspecified atom stereocenters. The molecule has 25 heavy (non-hydrogen) atoms. The first-order valence-corrected chi connectivity index (χ1v) is 8.29. The van der Waals surface area contributed by atoms with E-state index >= 15 is 0 Å². The molecule has 132 valence electrons. The number of ketones is 1. The van der Waals surface area contributed by atoms with Crippen LogP contribution in [0, 0.1) is 30.0 Å². The normalized spacial score (nSPS) is 26.2. The average molecular weight is 344 g/mol. The lowest BCUT2D eigenvalue weighted by Gasteiger charge is -2.38. The van der Waals surface area contributed by atoms with Crippen molar-refractivity contribution in [1.82, 2.24) is 0 Å². The second kappa shape index (κ2) is 6.89. The van der Waals surface area contributed by atoms with Gasteiger partial charge in [-0.2, -0.15) is 0 Å². The van der Waals surface area contributed by atoms with Gasteiger partial charge in [-0.15, -0.1) is 12.3 Å². The quantitative estimate of drug-likeness (QED) is 0.769. The van der Waals surface area contributed by atoms with Crippen LogP contribution in [-0.4, -0.2) is 25.3 Å². The zero-order chi connectivity index (χ0) is 18.0. The Labute approximate surface area is 147 Å². The molecule has 1 aromatic rings. The predicted octanol–water partition coefficient (Wildman–Crippen LogP) is 3.25. The van der Waals surface area contributed by atoms with Crippen molar-refractivity contribution in [2.75, 3.05) is 13.9 Å². The smallest absolute Gasteiger partial charge is 0.189 e. The minimum atomic E-state index is -0.734. The maximum atomic E-state index is 14.3. The van der Waals surface area contributed by atoms with E-state index in [9.17, 15) is 9.18 Å². The van der Waals surface area contributed by atoms with E-state index in [0.29, 0.717) is 36.3 Å². The Hall–Kier alpha value is -2.32. The van der Waals surface area contributed by atoms with Crippen molar-refractivity contribution < 1.29 is 23.4 Å². The van der Waals surface area contributed by atoms with Crippen LogP contribution in [0.3, 0.4) is 0 Å². The Balaban J connectivity index is 1.87. The van der Waals surface area contributed by atoms with E-state index in [1.54, 1.807) is 12.1 Å². The van der Waals surface area contributed by atoms with Crippen LogP contribution in [0.5, 0.6) is 5.75 Å². The summed E-state index contributed by atoms with van der Waals surface area (Å²) in [4.78, 5) is 12.2. The first-order chi connectivity index (χ1) is 12.0. The van der Waals surface area contributed by atoms with E-state index in [1.165, 1.54) is 19.3 Å². The van der Waals surface area contributed by atoms with Crippen molar-refractivity contribution in [3.05, 3.63) is 41.4 Å². The van der Waals surface area contributed by atoms with Crippen LogP contribution in [0.1, 0.15) is 25.3 Å². The zero-order valence-corrected chi connectivity index (χ0v) is 14.4. The number of benzene rings is 1. The molecule has 1 fully saturated rings. The first-order valence-electron chi connectivity index (χ1n) is 8.29. The highest BCUT2D eigenvalue weighted by Crippen LogP contribution is 2.46. The molecular formula is C20H21FO4. The monoisotopic (exact) mass is 344 g/mol. The number of carbonyl (C=O) groups excluding carboxylic acids is 1. The first kappa shape index (κ1) is 17.5. The molecule has 1 aromatic carbocycles. The third-order valence-corrected chi connectivity index (χ3v) is 5.12. The maximum Gasteiger partial charge on any atom is 0.189 e. The third kappa shape index (κ3) is 3.14. The Morgan fingerprint density at radius 3 is 3.00 bits per heavy atom. The molecule has 2 aliphatic rings. The van der Waals surface area contributed by atoms with Gasteiger partial charge in [0.2, 0.25) is 0 Å². The number of rotatable bonds is 5. The summed E-state index contributed by atoms with van der Waals surface area (Å²) in [5, 5.41) is 0. The molecule has 0 saturated carbocycles. The fourth-order valence-electron chi connectivity index (χ4n) is 3.65. The van der Waals surface area contributed by atoms with E-state index in [4.69, 9.17) is 20.6 Å². The molecule has 0 radical (unpaired) electrons. The topological polar surface area (TPSA) is 44.8 Å². The maximum absolute atomic E-state index is 14.3. The summed E-state index contributed by atoms with van der Waals surface area (Å²) in [7, 11) is 1.50. The number of hydrogen-bond acceptors (Lipinski definition) is 4. The number of fused-ring (bicyclic) bond motifs is 1. The van der Waals surface area contributed by atoms with Gasteiger partial charge in [-0.25, -0.2) is 4.39 Å². The van der Waals surface area contributed by atoms with Gasteiger partial charge >= 0.3 is 0 Å². The van der Waals surface area contributed by atoms with Crippen molar-refractivity contribution in [3.8, 4) is 18.1 Å². The second-order valence-corrected chi connectivity index (χ2v) is 6.58. The lowest BCUT2D eigenvalue weighted by molar-refractivity contribution is -0.123. The molecule has 5 heteroatoms. The summed E-state index contributed by atoms with van der Waals surface area (Å²) in [6, 6.07) is 4.82. The Morgan fingerprint density at radius 2 is 2.32 bits per heavy atom. The summed E-state index contributed by atoms with van der Waals surface area (Å²) in [6.45, 7) is 2.08. The number of halogens is 1. The number of carbonyl (C=O) groups is 1. The number of allylic oxidation sites excluding steroid dienone is 1. The van der Waals surface area contributed by atoms with Crippen LogP contribution in [-0.2, 0) is 20.7 Å². The van der Waals surface area contributed by atoms with E-state index in [2.05, 4.69) is 5.92 Å². The standard InChI is InChI=1S/C20H21FO4/c1-4-5-15-11-20(19(10-18(15)22)24-12-25-20)13(2)8-14-6-7-16(23-3)9-17(14)21/h1,6-7,9-10,13,15H,5,8,11-12H2,2-3H3/t13?,15-,20+/m0/s1. The fourth-order valence-corrected chi connectivity index (χ4v) is 3.65. The summed E-state index contributed by atoms with van der Waals surface area (Å²) >= 11 is 0. The third-order valence-electron chi connectivity index (χ3n) is 5.12. The molecule has 1 heterocycles. The van der Waals surface area contributed by atoms with Gasteiger partial charge < -0.3 is 14.2 Å². The number of methoxy groups -OCH3 is 1. The summed E-state index contributed by atoms with van der Waals surface area (Å²) in [6.07, 6.45) is 8.16. The molecule has 1 aliphatic heterocycles.